The minimum Gasteiger partial charge on any atom is -0.490 e. The van der Waals surface area contributed by atoms with Gasteiger partial charge in [-0.3, -0.25) is 0 Å². The first-order chi connectivity index (χ1) is 11.5. The van der Waals surface area contributed by atoms with Gasteiger partial charge >= 0.3 is 0 Å². The van der Waals surface area contributed by atoms with Gasteiger partial charge in [-0.25, -0.2) is 0 Å². The van der Waals surface area contributed by atoms with Crippen LogP contribution in [0.5, 0.6) is 11.5 Å². The topological polar surface area (TPSA) is 43.6 Å². The van der Waals surface area contributed by atoms with Gasteiger partial charge in [0.2, 0.25) is 0 Å². The van der Waals surface area contributed by atoms with E-state index >= 15 is 0 Å². The first kappa shape index (κ1) is 18.6. The van der Waals surface area contributed by atoms with E-state index < -0.39 is 0 Å². The standard InChI is InChI=1S/C19H24BrNO3/c1-5-9-23-19-16(20)10-15(11-18(19)22-6-2)12-21-14(4)17-8-7-13(3)24-17/h5,7-8,10-11,14,21H,1,6,9,12H2,2-4H3. The third-order valence-electron chi connectivity index (χ3n) is 3.51. The van der Waals surface area contributed by atoms with Crippen LogP contribution < -0.4 is 14.8 Å². The van der Waals surface area contributed by atoms with Gasteiger partial charge in [0, 0.05) is 6.54 Å². The van der Waals surface area contributed by atoms with Crippen molar-refractivity contribution in [2.24, 2.45) is 0 Å². The number of halogens is 1. The maximum Gasteiger partial charge on any atom is 0.175 e. The normalized spacial score (nSPS) is 12.0. The molecule has 1 unspecified atom stereocenters. The molecular weight excluding hydrogens is 370 g/mol. The predicted octanol–water partition coefficient (Wildman–Crippen LogP) is 5.16. The van der Waals surface area contributed by atoms with Crippen LogP contribution >= 0.6 is 15.9 Å². The molecule has 5 heteroatoms. The van der Waals surface area contributed by atoms with Gasteiger partial charge in [0.05, 0.1) is 17.1 Å². The molecule has 0 radical (unpaired) electrons. The molecule has 0 bridgehead atoms. The quantitative estimate of drug-likeness (QED) is 0.597. The molecule has 0 fully saturated rings. The van der Waals surface area contributed by atoms with Gasteiger partial charge in [0.15, 0.2) is 11.5 Å². The van der Waals surface area contributed by atoms with Gasteiger partial charge in [-0.15, -0.1) is 0 Å². The Balaban J connectivity index is 2.10. The Bertz CT molecular complexity index is 681. The van der Waals surface area contributed by atoms with Crippen molar-refractivity contribution in [3.8, 4) is 11.5 Å². The van der Waals surface area contributed by atoms with Crippen LogP contribution in [0, 0.1) is 6.92 Å². The molecule has 1 heterocycles. The average molecular weight is 394 g/mol. The third kappa shape index (κ3) is 4.89. The van der Waals surface area contributed by atoms with Gasteiger partial charge in [0.1, 0.15) is 18.1 Å². The molecule has 1 atom stereocenters. The highest BCUT2D eigenvalue weighted by molar-refractivity contribution is 9.10. The van der Waals surface area contributed by atoms with Crippen LogP contribution in [0.15, 0.2) is 45.8 Å². The van der Waals surface area contributed by atoms with Crippen LogP contribution in [0.4, 0.5) is 0 Å². The Morgan fingerprint density at radius 3 is 2.75 bits per heavy atom. The summed E-state index contributed by atoms with van der Waals surface area (Å²) in [4.78, 5) is 0. The molecule has 0 saturated heterocycles. The van der Waals surface area contributed by atoms with Crippen LogP contribution in [-0.2, 0) is 6.54 Å². The monoisotopic (exact) mass is 393 g/mol. The molecule has 2 rings (SSSR count). The zero-order valence-electron chi connectivity index (χ0n) is 14.4. The summed E-state index contributed by atoms with van der Waals surface area (Å²) in [5.41, 5.74) is 1.10. The Morgan fingerprint density at radius 1 is 1.33 bits per heavy atom. The first-order valence-corrected chi connectivity index (χ1v) is 8.83. The van der Waals surface area contributed by atoms with Crippen LogP contribution in [0.25, 0.3) is 0 Å². The van der Waals surface area contributed by atoms with E-state index in [1.807, 2.05) is 38.1 Å². The van der Waals surface area contributed by atoms with Crippen molar-refractivity contribution in [3.05, 3.63) is 58.5 Å². The predicted molar refractivity (Wildman–Crippen MR) is 99.7 cm³/mol. The number of nitrogens with one attached hydrogen (secondary N) is 1. The summed E-state index contributed by atoms with van der Waals surface area (Å²) in [7, 11) is 0. The van der Waals surface area contributed by atoms with Crippen molar-refractivity contribution in [2.45, 2.75) is 33.4 Å². The van der Waals surface area contributed by atoms with Crippen LogP contribution in [0.1, 0.15) is 37.0 Å². The summed E-state index contributed by atoms with van der Waals surface area (Å²) in [6, 6.07) is 8.14. The van der Waals surface area contributed by atoms with Crippen molar-refractivity contribution in [1.82, 2.24) is 5.32 Å². The maximum atomic E-state index is 5.71. The summed E-state index contributed by atoms with van der Waals surface area (Å²) in [5.74, 6) is 3.29. The Kier molecular flexibility index (Phi) is 6.94. The second-order valence-electron chi connectivity index (χ2n) is 5.49. The van der Waals surface area contributed by atoms with Crippen molar-refractivity contribution in [1.29, 1.82) is 0 Å². The highest BCUT2D eigenvalue weighted by atomic mass is 79.9. The molecule has 1 aromatic carbocycles. The Hall–Kier alpha value is -1.72. The van der Waals surface area contributed by atoms with Gasteiger partial charge in [0.25, 0.3) is 0 Å². The summed E-state index contributed by atoms with van der Waals surface area (Å²) in [6.45, 7) is 11.4. The van der Waals surface area contributed by atoms with E-state index in [1.54, 1.807) is 6.08 Å². The largest absolute Gasteiger partial charge is 0.490 e. The number of hydrogen-bond donors (Lipinski definition) is 1. The number of rotatable bonds is 9. The summed E-state index contributed by atoms with van der Waals surface area (Å²) >= 11 is 3.57. The lowest BCUT2D eigenvalue weighted by molar-refractivity contribution is 0.295. The molecule has 24 heavy (non-hydrogen) atoms. The lowest BCUT2D eigenvalue weighted by Gasteiger charge is -2.16. The van der Waals surface area contributed by atoms with Crippen LogP contribution in [-0.4, -0.2) is 13.2 Å². The average Bonchev–Trinajstić information content (AvgIpc) is 2.99. The molecule has 0 saturated carbocycles. The van der Waals surface area contributed by atoms with Gasteiger partial charge in [-0.05, 0) is 66.5 Å². The summed E-state index contributed by atoms with van der Waals surface area (Å²) < 4.78 is 17.9. The highest BCUT2D eigenvalue weighted by Gasteiger charge is 2.14. The molecule has 130 valence electrons. The molecule has 0 aliphatic heterocycles. The van der Waals surface area contributed by atoms with Crippen molar-refractivity contribution < 1.29 is 13.9 Å². The molecule has 0 spiro atoms. The molecule has 2 aromatic rings. The second kappa shape index (κ2) is 8.94. The molecule has 0 aliphatic carbocycles. The van der Waals surface area contributed by atoms with Crippen LogP contribution in [0.2, 0.25) is 0 Å². The number of furan rings is 1. The van der Waals surface area contributed by atoms with E-state index in [0.717, 1.165) is 27.3 Å². The van der Waals surface area contributed by atoms with Gasteiger partial charge in [-0.2, -0.15) is 0 Å². The Labute approximate surface area is 152 Å². The Morgan fingerprint density at radius 2 is 2.12 bits per heavy atom. The first-order valence-electron chi connectivity index (χ1n) is 8.03. The maximum absolute atomic E-state index is 5.71. The van der Waals surface area contributed by atoms with Crippen LogP contribution in [0.3, 0.4) is 0 Å². The lowest BCUT2D eigenvalue weighted by atomic mass is 10.1. The van der Waals surface area contributed by atoms with Crippen molar-refractivity contribution in [2.75, 3.05) is 13.2 Å². The van der Waals surface area contributed by atoms with E-state index in [9.17, 15) is 0 Å². The zero-order chi connectivity index (χ0) is 17.5. The number of ether oxygens (including phenoxy) is 2. The molecule has 1 N–H and O–H groups in total. The summed E-state index contributed by atoms with van der Waals surface area (Å²) in [5, 5.41) is 3.46. The van der Waals surface area contributed by atoms with E-state index in [0.29, 0.717) is 25.5 Å². The molecular formula is C19H24BrNO3. The van der Waals surface area contributed by atoms with Crippen molar-refractivity contribution >= 4 is 15.9 Å². The third-order valence-corrected chi connectivity index (χ3v) is 4.10. The number of benzene rings is 1. The van der Waals surface area contributed by atoms with Crippen molar-refractivity contribution in [3.63, 3.8) is 0 Å². The van der Waals surface area contributed by atoms with E-state index in [4.69, 9.17) is 13.9 Å². The van der Waals surface area contributed by atoms with Gasteiger partial charge < -0.3 is 19.2 Å². The second-order valence-corrected chi connectivity index (χ2v) is 6.34. The fraction of sp³-hybridized carbons (Fsp3) is 0.368. The smallest absolute Gasteiger partial charge is 0.175 e. The molecule has 1 aromatic heterocycles. The fourth-order valence-electron chi connectivity index (χ4n) is 2.33. The fourth-order valence-corrected chi connectivity index (χ4v) is 2.93. The zero-order valence-corrected chi connectivity index (χ0v) is 16.0. The molecule has 0 aliphatic rings. The molecule has 0 amide bonds. The number of aryl methyl sites for hydroxylation is 1. The van der Waals surface area contributed by atoms with E-state index in [1.165, 1.54) is 0 Å². The number of hydrogen-bond acceptors (Lipinski definition) is 4. The lowest BCUT2D eigenvalue weighted by Crippen LogP contribution is -2.17. The summed E-state index contributed by atoms with van der Waals surface area (Å²) in [6.07, 6.45) is 1.71. The minimum absolute atomic E-state index is 0.129. The highest BCUT2D eigenvalue weighted by Crippen LogP contribution is 2.37. The van der Waals surface area contributed by atoms with Gasteiger partial charge in [-0.1, -0.05) is 12.7 Å². The minimum atomic E-state index is 0.129. The molecule has 4 nitrogen and oxygen atoms in total. The SMILES string of the molecule is C=CCOc1c(Br)cc(CNC(C)c2ccc(C)o2)cc1OCC. The van der Waals surface area contributed by atoms with E-state index in [-0.39, 0.29) is 6.04 Å². The van der Waals surface area contributed by atoms with E-state index in [2.05, 4.69) is 34.7 Å².